The number of halogens is 3. The van der Waals surface area contributed by atoms with Gasteiger partial charge in [-0.1, -0.05) is 15.9 Å². The van der Waals surface area contributed by atoms with Crippen molar-refractivity contribution in [2.45, 2.75) is 19.4 Å². The van der Waals surface area contributed by atoms with Crippen LogP contribution in [-0.2, 0) is 12.5 Å². The van der Waals surface area contributed by atoms with Crippen LogP contribution in [0.4, 0.5) is 4.39 Å². The highest BCUT2D eigenvalue weighted by Gasteiger charge is 2.11. The van der Waals surface area contributed by atoms with Gasteiger partial charge in [0.15, 0.2) is 0 Å². The zero-order valence-electron chi connectivity index (χ0n) is 11.3. The molecule has 0 unspecified atom stereocenters. The topological polar surface area (TPSA) is 33.0 Å². The number of benzene rings is 2. The van der Waals surface area contributed by atoms with E-state index < -0.39 is 5.82 Å². The summed E-state index contributed by atoms with van der Waals surface area (Å²) in [5.74, 6) is 0.586. The van der Waals surface area contributed by atoms with Crippen LogP contribution in [0.1, 0.15) is 22.3 Å². The number of hydrogen-bond acceptors (Lipinski definition) is 2. The minimum Gasteiger partial charge on any atom is -0.488 e. The molecule has 0 radical (unpaired) electrons. The molecule has 2 aromatic rings. The van der Waals surface area contributed by atoms with Gasteiger partial charge in [-0.2, -0.15) is 5.26 Å². The van der Waals surface area contributed by atoms with Crippen molar-refractivity contribution in [2.24, 2.45) is 0 Å². The molecule has 0 aliphatic rings. The smallest absolute Gasteiger partial charge is 0.127 e. The maximum Gasteiger partial charge on any atom is 0.127 e. The Hall–Kier alpha value is -1.57. The van der Waals surface area contributed by atoms with Gasteiger partial charge in [0.05, 0.1) is 17.5 Å². The van der Waals surface area contributed by atoms with Gasteiger partial charge in [-0.05, 0) is 42.8 Å². The van der Waals surface area contributed by atoms with Crippen molar-refractivity contribution >= 4 is 27.5 Å². The van der Waals surface area contributed by atoms with Crippen molar-refractivity contribution < 1.29 is 9.13 Å². The highest BCUT2D eigenvalue weighted by Crippen LogP contribution is 2.30. The molecule has 0 aliphatic carbocycles. The van der Waals surface area contributed by atoms with Gasteiger partial charge in [0.1, 0.15) is 18.2 Å². The van der Waals surface area contributed by atoms with Gasteiger partial charge in [0.2, 0.25) is 0 Å². The number of ether oxygens (including phenoxy) is 1. The first-order valence-corrected chi connectivity index (χ1v) is 7.54. The summed E-state index contributed by atoms with van der Waals surface area (Å²) in [5.41, 5.74) is 2.69. The summed E-state index contributed by atoms with van der Waals surface area (Å²) in [6.45, 7) is 2.03. The SMILES string of the molecule is Cc1cc(Br)cc(CCl)c1OCc1cc(F)ccc1C#N. The van der Waals surface area contributed by atoms with Crippen LogP contribution in [0.3, 0.4) is 0 Å². The Bertz CT molecular complexity index is 712. The van der Waals surface area contributed by atoms with E-state index in [0.717, 1.165) is 15.6 Å². The first kappa shape index (κ1) is 15.8. The number of aryl methyl sites for hydroxylation is 1. The molecule has 2 rings (SSSR count). The fourth-order valence-corrected chi connectivity index (χ4v) is 2.86. The second-order valence-electron chi connectivity index (χ2n) is 4.55. The summed E-state index contributed by atoms with van der Waals surface area (Å²) >= 11 is 9.34. The van der Waals surface area contributed by atoms with E-state index in [-0.39, 0.29) is 6.61 Å². The van der Waals surface area contributed by atoms with Crippen LogP contribution in [0.25, 0.3) is 0 Å². The number of rotatable bonds is 4. The number of nitriles is 1. The van der Waals surface area contributed by atoms with Crippen LogP contribution in [0.2, 0.25) is 0 Å². The molecular weight excluding hydrogens is 357 g/mol. The Morgan fingerprint density at radius 2 is 2.05 bits per heavy atom. The molecule has 0 bridgehead atoms. The molecule has 0 aromatic heterocycles. The summed E-state index contributed by atoms with van der Waals surface area (Å²) in [6, 6.07) is 9.85. The van der Waals surface area contributed by atoms with Crippen molar-refractivity contribution in [2.75, 3.05) is 0 Å². The molecule has 0 heterocycles. The number of nitrogens with zero attached hydrogens (tertiary/aromatic N) is 1. The monoisotopic (exact) mass is 367 g/mol. The van der Waals surface area contributed by atoms with Crippen LogP contribution in [0.15, 0.2) is 34.8 Å². The third-order valence-electron chi connectivity index (χ3n) is 3.02. The summed E-state index contributed by atoms with van der Waals surface area (Å²) < 4.78 is 20.0. The van der Waals surface area contributed by atoms with E-state index in [9.17, 15) is 4.39 Å². The predicted molar refractivity (Wildman–Crippen MR) is 83.9 cm³/mol. The first-order valence-electron chi connectivity index (χ1n) is 6.21. The van der Waals surface area contributed by atoms with Crippen molar-refractivity contribution in [1.82, 2.24) is 0 Å². The van der Waals surface area contributed by atoms with Gasteiger partial charge >= 0.3 is 0 Å². The van der Waals surface area contributed by atoms with Crippen molar-refractivity contribution in [1.29, 1.82) is 5.26 Å². The fraction of sp³-hybridized carbons (Fsp3) is 0.188. The highest BCUT2D eigenvalue weighted by atomic mass is 79.9. The molecule has 5 heteroatoms. The summed E-state index contributed by atoms with van der Waals surface area (Å²) in [4.78, 5) is 0. The molecular formula is C16H12BrClFNO. The lowest BCUT2D eigenvalue weighted by atomic mass is 10.1. The Balaban J connectivity index is 2.29. The minimum absolute atomic E-state index is 0.118. The van der Waals surface area contributed by atoms with E-state index >= 15 is 0 Å². The minimum atomic E-state index is -0.391. The molecule has 108 valence electrons. The van der Waals surface area contributed by atoms with Gasteiger partial charge in [0, 0.05) is 15.6 Å². The normalized spacial score (nSPS) is 10.2. The average molecular weight is 369 g/mol. The largest absolute Gasteiger partial charge is 0.488 e. The Morgan fingerprint density at radius 1 is 1.29 bits per heavy atom. The van der Waals surface area contributed by atoms with E-state index in [0.29, 0.717) is 22.8 Å². The molecule has 0 spiro atoms. The fourth-order valence-electron chi connectivity index (χ4n) is 2.05. The number of alkyl halides is 1. The molecule has 0 amide bonds. The lowest BCUT2D eigenvalue weighted by Crippen LogP contribution is -2.02. The Kier molecular flexibility index (Phi) is 5.22. The average Bonchev–Trinajstić information content (AvgIpc) is 2.45. The Labute approximate surface area is 136 Å². The van der Waals surface area contributed by atoms with Gasteiger partial charge in [-0.3, -0.25) is 0 Å². The third kappa shape index (κ3) is 3.75. The molecule has 0 fully saturated rings. The molecule has 2 aromatic carbocycles. The predicted octanol–water partition coefficient (Wildman–Crippen LogP) is 5.09. The first-order chi connectivity index (χ1) is 10.0. The maximum absolute atomic E-state index is 13.3. The van der Waals surface area contributed by atoms with E-state index in [1.165, 1.54) is 18.2 Å². The third-order valence-corrected chi connectivity index (χ3v) is 3.77. The van der Waals surface area contributed by atoms with E-state index in [1.807, 2.05) is 25.1 Å². The molecule has 21 heavy (non-hydrogen) atoms. The maximum atomic E-state index is 13.3. The van der Waals surface area contributed by atoms with Gasteiger partial charge in [0.25, 0.3) is 0 Å². The number of hydrogen-bond donors (Lipinski definition) is 0. The van der Waals surface area contributed by atoms with Crippen LogP contribution in [0, 0.1) is 24.1 Å². The van der Waals surface area contributed by atoms with Gasteiger partial charge in [-0.25, -0.2) is 4.39 Å². The molecule has 0 saturated heterocycles. The second-order valence-corrected chi connectivity index (χ2v) is 5.73. The van der Waals surface area contributed by atoms with E-state index in [2.05, 4.69) is 15.9 Å². The molecule has 2 nitrogen and oxygen atoms in total. The van der Waals surface area contributed by atoms with Crippen LogP contribution in [0.5, 0.6) is 5.75 Å². The Morgan fingerprint density at radius 3 is 2.71 bits per heavy atom. The van der Waals surface area contributed by atoms with Crippen LogP contribution < -0.4 is 4.74 Å². The van der Waals surface area contributed by atoms with Crippen LogP contribution in [-0.4, -0.2) is 0 Å². The quantitative estimate of drug-likeness (QED) is 0.705. The van der Waals surface area contributed by atoms with E-state index in [1.54, 1.807) is 0 Å². The molecule has 0 N–H and O–H groups in total. The summed E-state index contributed by atoms with van der Waals surface area (Å²) in [5, 5.41) is 9.04. The van der Waals surface area contributed by atoms with Crippen LogP contribution >= 0.6 is 27.5 Å². The van der Waals surface area contributed by atoms with E-state index in [4.69, 9.17) is 21.6 Å². The van der Waals surface area contributed by atoms with Gasteiger partial charge < -0.3 is 4.74 Å². The van der Waals surface area contributed by atoms with Crippen molar-refractivity contribution in [3.63, 3.8) is 0 Å². The molecule has 0 aliphatic heterocycles. The van der Waals surface area contributed by atoms with Crippen molar-refractivity contribution in [3.8, 4) is 11.8 Å². The lowest BCUT2D eigenvalue weighted by molar-refractivity contribution is 0.300. The zero-order valence-corrected chi connectivity index (χ0v) is 13.6. The summed E-state index contributed by atoms with van der Waals surface area (Å²) in [6.07, 6.45) is 0. The molecule has 0 atom stereocenters. The second kappa shape index (κ2) is 6.93. The summed E-state index contributed by atoms with van der Waals surface area (Å²) in [7, 11) is 0. The van der Waals surface area contributed by atoms with Gasteiger partial charge in [-0.15, -0.1) is 11.6 Å². The molecule has 0 saturated carbocycles. The van der Waals surface area contributed by atoms with Crippen molar-refractivity contribution in [3.05, 3.63) is 62.9 Å². The standard InChI is InChI=1S/C16H12BrClFNO/c1-10-4-14(17)5-12(7-18)16(10)21-9-13-6-15(19)3-2-11(13)8-20/h2-6H,7,9H2,1H3. The lowest BCUT2D eigenvalue weighted by Gasteiger charge is -2.14. The zero-order chi connectivity index (χ0) is 15.4. The highest BCUT2D eigenvalue weighted by molar-refractivity contribution is 9.10.